The van der Waals surface area contributed by atoms with Gasteiger partial charge in [0.1, 0.15) is 13.2 Å². The zero-order chi connectivity index (χ0) is 34.7. The number of tetrazole rings is 2. The zero-order valence-electron chi connectivity index (χ0n) is 27.0. The number of halogens is 2. The summed E-state index contributed by atoms with van der Waals surface area (Å²) in [6.07, 6.45) is 0. The molecule has 16 nitrogen and oxygen atoms in total. The van der Waals surface area contributed by atoms with Crippen LogP contribution in [0, 0.1) is 0 Å². The number of hydrogen-bond acceptors (Lipinski definition) is 14. The summed E-state index contributed by atoms with van der Waals surface area (Å²) in [5.41, 5.74) is 4.74. The Balaban J connectivity index is 1.08. The molecule has 0 amide bonds. The van der Waals surface area contributed by atoms with E-state index in [0.29, 0.717) is 71.4 Å². The Morgan fingerprint density at radius 2 is 1.04 bits per heavy atom. The first-order valence-electron chi connectivity index (χ1n) is 15.3. The molecule has 0 saturated heterocycles. The average Bonchev–Trinajstić information content (AvgIpc) is 3.87. The van der Waals surface area contributed by atoms with E-state index in [-0.39, 0.29) is 13.2 Å². The Morgan fingerprint density at radius 1 is 0.580 bits per heavy atom. The molecule has 0 aliphatic rings. The predicted molar refractivity (Wildman–Crippen MR) is 182 cm³/mol. The number of rotatable bonds is 17. The molecule has 258 valence electrons. The van der Waals surface area contributed by atoms with E-state index in [2.05, 4.69) is 61.8 Å². The van der Waals surface area contributed by atoms with Crippen molar-refractivity contribution in [2.24, 2.45) is 0 Å². The van der Waals surface area contributed by atoms with Gasteiger partial charge in [-0.1, -0.05) is 59.6 Å². The molecule has 18 heteroatoms. The van der Waals surface area contributed by atoms with Crippen LogP contribution in [0.1, 0.15) is 33.9 Å². The van der Waals surface area contributed by atoms with Gasteiger partial charge in [-0.05, 0) is 33.0 Å². The highest BCUT2D eigenvalue weighted by Crippen LogP contribution is 2.37. The summed E-state index contributed by atoms with van der Waals surface area (Å²) in [5, 5.41) is 34.9. The maximum absolute atomic E-state index is 6.92. The summed E-state index contributed by atoms with van der Waals surface area (Å²) in [6, 6.07) is 18.7. The van der Waals surface area contributed by atoms with E-state index in [0.717, 1.165) is 33.4 Å². The molecule has 6 rings (SSSR count). The fraction of sp³-hybridized carbons (Fsp3) is 0.250. The summed E-state index contributed by atoms with van der Waals surface area (Å²) < 4.78 is 23.0. The third kappa shape index (κ3) is 8.59. The molecule has 4 aromatic heterocycles. The summed E-state index contributed by atoms with van der Waals surface area (Å²) in [6.45, 7) is 2.27. The first-order chi connectivity index (χ1) is 24.5. The molecule has 6 aromatic rings. The first-order valence-corrected chi connectivity index (χ1v) is 16.0. The van der Waals surface area contributed by atoms with Gasteiger partial charge in [-0.2, -0.15) is 9.97 Å². The number of H-pyrrole nitrogens is 2. The second-order valence-corrected chi connectivity index (χ2v) is 11.4. The van der Waals surface area contributed by atoms with Crippen LogP contribution in [-0.4, -0.2) is 65.4 Å². The van der Waals surface area contributed by atoms with Gasteiger partial charge in [0.25, 0.3) is 0 Å². The number of aromatic amines is 2. The number of hydrogen-bond donors (Lipinski definition) is 4. The van der Waals surface area contributed by atoms with Crippen molar-refractivity contribution >= 4 is 23.2 Å². The highest BCUT2D eigenvalue weighted by Gasteiger charge is 2.16. The van der Waals surface area contributed by atoms with E-state index >= 15 is 0 Å². The van der Waals surface area contributed by atoms with E-state index in [4.69, 9.17) is 42.1 Å². The Morgan fingerprint density at radius 3 is 1.44 bits per heavy atom. The van der Waals surface area contributed by atoms with Gasteiger partial charge in [-0.3, -0.25) is 0 Å². The normalized spacial score (nSPS) is 11.0. The molecule has 0 spiro atoms. The largest absolute Gasteiger partial charge is 0.481 e. The molecule has 4 N–H and O–H groups in total. The Labute approximate surface area is 296 Å². The maximum Gasteiger partial charge on any atom is 0.220 e. The van der Waals surface area contributed by atoms with Gasteiger partial charge in [0.2, 0.25) is 23.5 Å². The molecular formula is C32H32Cl2N12O4. The second kappa shape index (κ2) is 16.8. The van der Waals surface area contributed by atoms with Crippen molar-refractivity contribution < 1.29 is 18.9 Å². The molecule has 2 aromatic carbocycles. The first kappa shape index (κ1) is 34.4. The van der Waals surface area contributed by atoms with Crippen molar-refractivity contribution in [1.29, 1.82) is 0 Å². The van der Waals surface area contributed by atoms with E-state index in [1.165, 1.54) is 0 Å². The molecule has 0 fully saturated rings. The summed E-state index contributed by atoms with van der Waals surface area (Å²) in [4.78, 5) is 9.01. The van der Waals surface area contributed by atoms with Gasteiger partial charge >= 0.3 is 0 Å². The smallest absolute Gasteiger partial charge is 0.220 e. The van der Waals surface area contributed by atoms with Crippen molar-refractivity contribution in [2.45, 2.75) is 39.4 Å². The van der Waals surface area contributed by atoms with Gasteiger partial charge < -0.3 is 29.6 Å². The molecule has 0 unspecified atom stereocenters. The van der Waals surface area contributed by atoms with Gasteiger partial charge in [-0.25, -0.2) is 10.2 Å². The number of pyridine rings is 2. The fourth-order valence-electron chi connectivity index (χ4n) is 4.93. The minimum Gasteiger partial charge on any atom is -0.481 e. The van der Waals surface area contributed by atoms with Crippen LogP contribution in [0.15, 0.2) is 60.7 Å². The molecule has 0 saturated carbocycles. The third-order valence-electron chi connectivity index (χ3n) is 7.41. The topological polar surface area (TPSA) is 196 Å². The number of aromatic nitrogens is 10. The van der Waals surface area contributed by atoms with Crippen LogP contribution >= 0.6 is 23.2 Å². The molecule has 0 aliphatic carbocycles. The lowest BCUT2D eigenvalue weighted by molar-refractivity contribution is 0.286. The van der Waals surface area contributed by atoms with Crippen LogP contribution in [0.5, 0.6) is 23.5 Å². The summed E-state index contributed by atoms with van der Waals surface area (Å²) >= 11 is 13.8. The number of benzene rings is 2. The highest BCUT2D eigenvalue weighted by molar-refractivity contribution is 6.37. The SMILES string of the molecule is COc1nc(OCc2cccc(-c3cccc(COc4ccc(CNCc5nnn[nH]5)c(OC)n4)c3Cl)c2Cl)ccc1CNCc1nnn[nH]1. The van der Waals surface area contributed by atoms with Gasteiger partial charge in [0.15, 0.2) is 11.6 Å². The quantitative estimate of drug-likeness (QED) is 0.105. The Bertz CT molecular complexity index is 1850. The van der Waals surface area contributed by atoms with Gasteiger partial charge in [0.05, 0.1) is 37.4 Å². The minimum absolute atomic E-state index is 0.176. The number of ether oxygens (including phenoxy) is 4. The van der Waals surface area contributed by atoms with Gasteiger partial charge in [-0.15, -0.1) is 10.2 Å². The summed E-state index contributed by atoms with van der Waals surface area (Å²) in [7, 11) is 3.12. The lowest BCUT2D eigenvalue weighted by Gasteiger charge is -2.15. The number of methoxy groups -OCH3 is 2. The van der Waals surface area contributed by atoms with Crippen LogP contribution in [0.3, 0.4) is 0 Å². The maximum atomic E-state index is 6.92. The van der Waals surface area contributed by atoms with Gasteiger partial charge in [0, 0.05) is 58.6 Å². The molecule has 50 heavy (non-hydrogen) atoms. The predicted octanol–water partition coefficient (Wildman–Crippen LogP) is 4.23. The van der Waals surface area contributed by atoms with Crippen molar-refractivity contribution in [2.75, 3.05) is 14.2 Å². The molecule has 0 aliphatic heterocycles. The van der Waals surface area contributed by atoms with Crippen LogP contribution in [-0.2, 0) is 39.4 Å². The number of nitrogens with one attached hydrogen (secondary N) is 4. The van der Waals surface area contributed by atoms with E-state index in [1.807, 2.05) is 48.5 Å². The average molecular weight is 720 g/mol. The van der Waals surface area contributed by atoms with Crippen LogP contribution in [0.2, 0.25) is 10.0 Å². The molecule has 0 atom stereocenters. The lowest BCUT2D eigenvalue weighted by Crippen LogP contribution is -2.15. The van der Waals surface area contributed by atoms with E-state index in [9.17, 15) is 0 Å². The highest BCUT2D eigenvalue weighted by atomic mass is 35.5. The molecular weight excluding hydrogens is 687 g/mol. The third-order valence-corrected chi connectivity index (χ3v) is 8.30. The zero-order valence-corrected chi connectivity index (χ0v) is 28.5. The lowest BCUT2D eigenvalue weighted by atomic mass is 10.0. The van der Waals surface area contributed by atoms with Crippen molar-refractivity contribution in [1.82, 2.24) is 61.8 Å². The Kier molecular flexibility index (Phi) is 11.6. The minimum atomic E-state index is 0.176. The van der Waals surface area contributed by atoms with Crippen molar-refractivity contribution in [3.63, 3.8) is 0 Å². The monoisotopic (exact) mass is 718 g/mol. The second-order valence-electron chi connectivity index (χ2n) is 10.7. The van der Waals surface area contributed by atoms with Crippen LogP contribution in [0.25, 0.3) is 11.1 Å². The van der Waals surface area contributed by atoms with Crippen molar-refractivity contribution in [3.05, 3.63) is 105 Å². The number of nitrogens with zero attached hydrogens (tertiary/aromatic N) is 8. The van der Waals surface area contributed by atoms with Crippen LogP contribution in [0.4, 0.5) is 0 Å². The standard InChI is InChI=1S/C32H32Cl2N12O4/c1-47-31-19(13-35-15-25-39-43-44-40-25)9-11-27(37-31)49-17-21-5-3-7-23(29(21)33)24-8-4-6-22(30(24)34)18-50-28-12-10-20(32(38-28)48-2)14-36-16-26-41-45-46-42-26/h3-12,35-36H,13-18H2,1-2H3,(H,39,40,43,44)(H,41,42,45,46). The Hall–Kier alpha value is -5.42. The van der Waals surface area contributed by atoms with Crippen LogP contribution < -0.4 is 29.6 Å². The fourth-order valence-corrected chi connectivity index (χ4v) is 5.49. The summed E-state index contributed by atoms with van der Waals surface area (Å²) in [5.74, 6) is 2.91. The molecule has 0 radical (unpaired) electrons. The molecule has 0 bridgehead atoms. The van der Waals surface area contributed by atoms with E-state index in [1.54, 1.807) is 26.4 Å². The van der Waals surface area contributed by atoms with E-state index < -0.39 is 0 Å². The molecule has 4 heterocycles. The van der Waals surface area contributed by atoms with Crippen molar-refractivity contribution in [3.8, 4) is 34.6 Å².